The molecule has 0 saturated carbocycles. The molecular formula is C16H15N. The van der Waals surface area contributed by atoms with Gasteiger partial charge in [0.25, 0.3) is 0 Å². The van der Waals surface area contributed by atoms with Crippen molar-refractivity contribution in [3.8, 4) is 0 Å². The number of benzene rings is 2. The van der Waals surface area contributed by atoms with Gasteiger partial charge in [0.05, 0.1) is 6.04 Å². The van der Waals surface area contributed by atoms with E-state index in [9.17, 15) is 0 Å². The topological polar surface area (TPSA) is 12.0 Å². The van der Waals surface area contributed by atoms with Crippen LogP contribution in [0.3, 0.4) is 0 Å². The van der Waals surface area contributed by atoms with Crippen LogP contribution in [-0.4, -0.2) is 0 Å². The van der Waals surface area contributed by atoms with E-state index in [4.69, 9.17) is 0 Å². The third-order valence-electron chi connectivity index (χ3n) is 3.23. The highest BCUT2D eigenvalue weighted by Crippen LogP contribution is 2.34. The first-order valence-electron chi connectivity index (χ1n) is 5.93. The summed E-state index contributed by atoms with van der Waals surface area (Å²) in [5, 5.41) is 3.59. The molecule has 17 heavy (non-hydrogen) atoms. The molecule has 0 radical (unpaired) electrons. The standard InChI is InChI=1S/C16H15N/c1-12-11-14-9-5-6-10-15(14)17-16(12)13-7-3-2-4-8-13/h2-11,16-17H,1H3. The van der Waals surface area contributed by atoms with E-state index in [-0.39, 0.29) is 0 Å². The molecule has 0 amide bonds. The first kappa shape index (κ1) is 10.2. The molecule has 2 aromatic carbocycles. The predicted molar refractivity (Wildman–Crippen MR) is 72.9 cm³/mol. The van der Waals surface area contributed by atoms with Gasteiger partial charge in [-0.1, -0.05) is 54.6 Å². The average molecular weight is 221 g/mol. The van der Waals surface area contributed by atoms with Gasteiger partial charge >= 0.3 is 0 Å². The molecule has 0 saturated heterocycles. The summed E-state index contributed by atoms with van der Waals surface area (Å²) in [4.78, 5) is 0. The van der Waals surface area contributed by atoms with Crippen LogP contribution in [0, 0.1) is 0 Å². The SMILES string of the molecule is CC1=Cc2ccccc2NC1c1ccccc1. The van der Waals surface area contributed by atoms with E-state index in [1.54, 1.807) is 0 Å². The van der Waals surface area contributed by atoms with E-state index in [1.807, 2.05) is 0 Å². The van der Waals surface area contributed by atoms with Gasteiger partial charge in [0.15, 0.2) is 0 Å². The van der Waals surface area contributed by atoms with Crippen molar-refractivity contribution in [2.24, 2.45) is 0 Å². The van der Waals surface area contributed by atoms with Crippen molar-refractivity contribution in [2.45, 2.75) is 13.0 Å². The van der Waals surface area contributed by atoms with Crippen molar-refractivity contribution < 1.29 is 0 Å². The van der Waals surface area contributed by atoms with Crippen molar-refractivity contribution in [2.75, 3.05) is 5.32 Å². The van der Waals surface area contributed by atoms with Gasteiger partial charge in [-0.25, -0.2) is 0 Å². The van der Waals surface area contributed by atoms with Crippen molar-refractivity contribution >= 4 is 11.8 Å². The van der Waals surface area contributed by atoms with E-state index in [0.717, 1.165) is 0 Å². The van der Waals surface area contributed by atoms with E-state index in [1.165, 1.54) is 22.4 Å². The maximum absolute atomic E-state index is 3.59. The molecule has 1 atom stereocenters. The quantitative estimate of drug-likeness (QED) is 0.758. The number of hydrogen-bond donors (Lipinski definition) is 1. The molecule has 0 fully saturated rings. The minimum atomic E-state index is 0.297. The van der Waals surface area contributed by atoms with Crippen LogP contribution in [0.1, 0.15) is 24.1 Å². The van der Waals surface area contributed by atoms with E-state index >= 15 is 0 Å². The second kappa shape index (κ2) is 4.10. The van der Waals surface area contributed by atoms with Gasteiger partial charge in [-0.3, -0.25) is 0 Å². The molecular weight excluding hydrogens is 206 g/mol. The van der Waals surface area contributed by atoms with Crippen LogP contribution in [0.5, 0.6) is 0 Å². The first-order chi connectivity index (χ1) is 8.34. The lowest BCUT2D eigenvalue weighted by atomic mass is 9.93. The molecule has 1 aliphatic rings. The maximum atomic E-state index is 3.59. The molecule has 2 aromatic rings. The lowest BCUT2D eigenvalue weighted by Crippen LogP contribution is -2.15. The molecule has 1 heterocycles. The predicted octanol–water partition coefficient (Wildman–Crippen LogP) is 4.26. The summed E-state index contributed by atoms with van der Waals surface area (Å²) in [5.74, 6) is 0. The molecule has 0 spiro atoms. The highest BCUT2D eigenvalue weighted by molar-refractivity contribution is 5.73. The lowest BCUT2D eigenvalue weighted by molar-refractivity contribution is 0.908. The normalized spacial score (nSPS) is 17.9. The van der Waals surface area contributed by atoms with E-state index in [2.05, 4.69) is 72.9 Å². The second-order valence-corrected chi connectivity index (χ2v) is 4.46. The first-order valence-corrected chi connectivity index (χ1v) is 5.93. The summed E-state index contributed by atoms with van der Waals surface area (Å²) < 4.78 is 0. The molecule has 1 nitrogen and oxygen atoms in total. The highest BCUT2D eigenvalue weighted by Gasteiger charge is 2.18. The molecule has 1 unspecified atom stereocenters. The van der Waals surface area contributed by atoms with E-state index in [0.29, 0.717) is 6.04 Å². The van der Waals surface area contributed by atoms with Crippen LogP contribution in [0.15, 0.2) is 60.2 Å². The van der Waals surface area contributed by atoms with Gasteiger partial charge in [0.1, 0.15) is 0 Å². The third kappa shape index (κ3) is 1.84. The summed E-state index contributed by atoms with van der Waals surface area (Å²) in [6, 6.07) is 19.3. The number of hydrogen-bond acceptors (Lipinski definition) is 1. The zero-order chi connectivity index (χ0) is 11.7. The average Bonchev–Trinajstić information content (AvgIpc) is 2.39. The minimum Gasteiger partial charge on any atom is -0.374 e. The third-order valence-corrected chi connectivity index (χ3v) is 3.23. The Bertz CT molecular complexity index is 555. The van der Waals surface area contributed by atoms with Gasteiger partial charge in [0.2, 0.25) is 0 Å². The fourth-order valence-corrected chi connectivity index (χ4v) is 2.34. The molecule has 1 aliphatic heterocycles. The number of nitrogens with one attached hydrogen (secondary N) is 1. The largest absolute Gasteiger partial charge is 0.374 e. The zero-order valence-corrected chi connectivity index (χ0v) is 9.85. The lowest BCUT2D eigenvalue weighted by Gasteiger charge is -2.27. The Morgan fingerprint density at radius 2 is 1.59 bits per heavy atom. The van der Waals surface area contributed by atoms with Crippen LogP contribution in [0.2, 0.25) is 0 Å². The molecule has 0 aromatic heterocycles. The van der Waals surface area contributed by atoms with Crippen molar-refractivity contribution in [3.63, 3.8) is 0 Å². The van der Waals surface area contributed by atoms with Gasteiger partial charge in [-0.05, 0) is 29.7 Å². The number of para-hydroxylation sites is 1. The molecule has 1 heteroatoms. The van der Waals surface area contributed by atoms with Crippen LogP contribution in [0.25, 0.3) is 6.08 Å². The Hall–Kier alpha value is -2.02. The summed E-state index contributed by atoms with van der Waals surface area (Å²) in [7, 11) is 0. The number of rotatable bonds is 1. The van der Waals surface area contributed by atoms with Crippen molar-refractivity contribution in [3.05, 3.63) is 71.3 Å². The molecule has 3 rings (SSSR count). The van der Waals surface area contributed by atoms with Crippen LogP contribution in [-0.2, 0) is 0 Å². The Kier molecular flexibility index (Phi) is 2.45. The van der Waals surface area contributed by atoms with E-state index < -0.39 is 0 Å². The summed E-state index contributed by atoms with van der Waals surface area (Å²) in [6.07, 6.45) is 2.27. The zero-order valence-electron chi connectivity index (χ0n) is 9.85. The van der Waals surface area contributed by atoms with Gasteiger partial charge in [-0.15, -0.1) is 0 Å². The van der Waals surface area contributed by atoms with Crippen molar-refractivity contribution in [1.82, 2.24) is 0 Å². The Morgan fingerprint density at radius 3 is 2.41 bits per heavy atom. The highest BCUT2D eigenvalue weighted by atomic mass is 14.9. The summed E-state index contributed by atoms with van der Waals surface area (Å²) in [6.45, 7) is 2.18. The smallest absolute Gasteiger partial charge is 0.0728 e. The van der Waals surface area contributed by atoms with Gasteiger partial charge in [-0.2, -0.15) is 0 Å². The van der Waals surface area contributed by atoms with Crippen LogP contribution < -0.4 is 5.32 Å². The second-order valence-electron chi connectivity index (χ2n) is 4.46. The number of anilines is 1. The maximum Gasteiger partial charge on any atom is 0.0728 e. The summed E-state index contributed by atoms with van der Waals surface area (Å²) in [5.41, 5.74) is 5.16. The number of fused-ring (bicyclic) bond motifs is 1. The Balaban J connectivity index is 2.02. The monoisotopic (exact) mass is 221 g/mol. The molecule has 0 aliphatic carbocycles. The van der Waals surface area contributed by atoms with Gasteiger partial charge < -0.3 is 5.32 Å². The van der Waals surface area contributed by atoms with Crippen molar-refractivity contribution in [1.29, 1.82) is 0 Å². The Morgan fingerprint density at radius 1 is 0.882 bits per heavy atom. The van der Waals surface area contributed by atoms with Crippen LogP contribution >= 0.6 is 0 Å². The summed E-state index contributed by atoms with van der Waals surface area (Å²) >= 11 is 0. The van der Waals surface area contributed by atoms with Gasteiger partial charge in [0, 0.05) is 5.69 Å². The molecule has 84 valence electrons. The fourth-order valence-electron chi connectivity index (χ4n) is 2.34. The minimum absolute atomic E-state index is 0.297. The fraction of sp³-hybridized carbons (Fsp3) is 0.125. The Labute approximate surface area is 102 Å². The molecule has 1 N–H and O–H groups in total. The molecule has 0 bridgehead atoms. The van der Waals surface area contributed by atoms with Crippen LogP contribution in [0.4, 0.5) is 5.69 Å².